The minimum atomic E-state index is 0.852. The second-order valence-electron chi connectivity index (χ2n) is 3.46. The van der Waals surface area contributed by atoms with Crippen molar-refractivity contribution in [1.82, 2.24) is 9.88 Å². The fraction of sp³-hybridized carbons (Fsp3) is 0.455. The highest BCUT2D eigenvalue weighted by Gasteiger charge is 2.05. The topological polar surface area (TPSA) is 28.5 Å². The summed E-state index contributed by atoms with van der Waals surface area (Å²) in [6, 6.07) is 4.83. The molecule has 0 amide bonds. The Bertz CT molecular complexity index is 289. The molecule has 1 radical (unpaired) electrons. The van der Waals surface area contributed by atoms with Gasteiger partial charge in [0.05, 0.1) is 12.0 Å². The van der Waals surface area contributed by atoms with Crippen LogP contribution in [0.4, 0.5) is 5.69 Å². The molecule has 1 aromatic rings. The summed E-state index contributed by atoms with van der Waals surface area (Å²) in [4.78, 5) is 10.5. The maximum absolute atomic E-state index is 4.34. The van der Waals surface area contributed by atoms with Gasteiger partial charge in [0.1, 0.15) is 0 Å². The van der Waals surface area contributed by atoms with Crippen LogP contribution in [0.15, 0.2) is 23.5 Å². The molecule has 14 heavy (non-hydrogen) atoms. The molecule has 0 spiro atoms. The van der Waals surface area contributed by atoms with Crippen molar-refractivity contribution in [3.63, 3.8) is 0 Å². The molecule has 0 N–H and O–H groups in total. The third kappa shape index (κ3) is 2.55. The van der Waals surface area contributed by atoms with Gasteiger partial charge in [-0.05, 0) is 25.3 Å². The Morgan fingerprint density at radius 3 is 2.93 bits per heavy atom. The molecular weight excluding hydrogens is 174 g/mol. The number of hydrogen-bond donors (Lipinski definition) is 0. The summed E-state index contributed by atoms with van der Waals surface area (Å²) in [5, 5.41) is 0. The Labute approximate surface area is 84.5 Å². The van der Waals surface area contributed by atoms with Crippen molar-refractivity contribution in [2.75, 3.05) is 13.1 Å². The van der Waals surface area contributed by atoms with Crippen molar-refractivity contribution in [3.05, 3.63) is 24.5 Å². The van der Waals surface area contributed by atoms with Gasteiger partial charge in [-0.15, -0.1) is 0 Å². The average Bonchev–Trinajstić information content (AvgIpc) is 2.29. The summed E-state index contributed by atoms with van der Waals surface area (Å²) in [5.74, 6) is 0. The lowest BCUT2D eigenvalue weighted by atomic mass is 10.1. The Hall–Kier alpha value is -1.38. The van der Waals surface area contributed by atoms with Crippen LogP contribution in [0, 0.1) is 6.07 Å². The molecule has 2 heterocycles. The lowest BCUT2D eigenvalue weighted by Gasteiger charge is -2.23. The highest BCUT2D eigenvalue weighted by atomic mass is 15.1. The highest BCUT2D eigenvalue weighted by Crippen LogP contribution is 2.09. The van der Waals surface area contributed by atoms with E-state index in [-0.39, 0.29) is 0 Å². The van der Waals surface area contributed by atoms with Crippen LogP contribution in [-0.4, -0.2) is 29.3 Å². The summed E-state index contributed by atoms with van der Waals surface area (Å²) in [7, 11) is 0. The molecular formula is C11H14N3. The second-order valence-corrected chi connectivity index (χ2v) is 3.46. The van der Waals surface area contributed by atoms with Gasteiger partial charge >= 0.3 is 0 Å². The van der Waals surface area contributed by atoms with Gasteiger partial charge in [-0.1, -0.05) is 0 Å². The molecule has 0 atom stereocenters. The predicted molar refractivity (Wildman–Crippen MR) is 56.6 cm³/mol. The van der Waals surface area contributed by atoms with E-state index in [1.807, 2.05) is 12.4 Å². The number of aromatic nitrogens is 1. The normalized spacial score (nSPS) is 17.6. The molecule has 1 aliphatic rings. The maximum Gasteiger partial charge on any atom is 0.0912 e. The summed E-state index contributed by atoms with van der Waals surface area (Å²) in [6.07, 6.45) is 9.22. The number of rotatable bonds is 2. The Morgan fingerprint density at radius 1 is 1.36 bits per heavy atom. The first-order valence-electron chi connectivity index (χ1n) is 5.05. The van der Waals surface area contributed by atoms with Gasteiger partial charge < -0.3 is 4.90 Å². The largest absolute Gasteiger partial charge is 0.363 e. The number of aliphatic imine (C=N–C) groups is 1. The van der Waals surface area contributed by atoms with Crippen molar-refractivity contribution in [2.24, 2.45) is 4.99 Å². The zero-order valence-electron chi connectivity index (χ0n) is 8.19. The summed E-state index contributed by atoms with van der Waals surface area (Å²) >= 11 is 0. The minimum Gasteiger partial charge on any atom is -0.363 e. The van der Waals surface area contributed by atoms with E-state index in [2.05, 4.69) is 20.9 Å². The Morgan fingerprint density at radius 2 is 2.21 bits per heavy atom. The van der Waals surface area contributed by atoms with E-state index < -0.39 is 0 Å². The molecule has 73 valence electrons. The molecule has 0 aliphatic carbocycles. The SMILES string of the molecule is [c]1cnccc1/N=C/N1CCCCC1. The van der Waals surface area contributed by atoms with Crippen LogP contribution in [-0.2, 0) is 0 Å². The molecule has 0 bridgehead atoms. The van der Waals surface area contributed by atoms with Gasteiger partial charge in [-0.25, -0.2) is 4.99 Å². The molecule has 1 aliphatic heterocycles. The molecule has 0 unspecified atom stereocenters. The summed E-state index contributed by atoms with van der Waals surface area (Å²) in [6.45, 7) is 2.27. The zero-order valence-corrected chi connectivity index (χ0v) is 8.19. The molecule has 1 fully saturated rings. The molecule has 1 aromatic heterocycles. The van der Waals surface area contributed by atoms with Gasteiger partial charge in [0.25, 0.3) is 0 Å². The number of hydrogen-bond acceptors (Lipinski definition) is 2. The number of likely N-dealkylation sites (tertiary alicyclic amines) is 1. The molecule has 2 rings (SSSR count). The fourth-order valence-electron chi connectivity index (χ4n) is 1.57. The smallest absolute Gasteiger partial charge is 0.0912 e. The Kier molecular flexibility index (Phi) is 3.11. The summed E-state index contributed by atoms with van der Waals surface area (Å²) < 4.78 is 0. The number of pyridine rings is 1. The second kappa shape index (κ2) is 4.74. The van der Waals surface area contributed by atoms with Crippen LogP contribution in [0.1, 0.15) is 19.3 Å². The Balaban J connectivity index is 1.93. The van der Waals surface area contributed by atoms with E-state index in [1.165, 1.54) is 19.3 Å². The lowest BCUT2D eigenvalue weighted by molar-refractivity contribution is 0.351. The van der Waals surface area contributed by atoms with E-state index in [0.29, 0.717) is 0 Å². The van der Waals surface area contributed by atoms with Gasteiger partial charge in [0.15, 0.2) is 0 Å². The first kappa shape index (κ1) is 9.19. The molecule has 3 nitrogen and oxygen atoms in total. The molecule has 3 heteroatoms. The van der Waals surface area contributed by atoms with Gasteiger partial charge in [-0.3, -0.25) is 4.98 Å². The van der Waals surface area contributed by atoms with E-state index >= 15 is 0 Å². The number of piperidine rings is 1. The fourth-order valence-corrected chi connectivity index (χ4v) is 1.57. The first-order chi connectivity index (χ1) is 6.95. The van der Waals surface area contributed by atoms with E-state index in [1.54, 1.807) is 12.4 Å². The standard InChI is InChI=1S/C11H14N3/c1-2-8-14(9-3-1)10-13-11-4-6-12-7-5-11/h4,6-7,10H,1-3,8-9H2/b13-10+. The van der Waals surface area contributed by atoms with E-state index in [4.69, 9.17) is 0 Å². The first-order valence-corrected chi connectivity index (χ1v) is 5.05. The van der Waals surface area contributed by atoms with Crippen molar-refractivity contribution < 1.29 is 0 Å². The van der Waals surface area contributed by atoms with Gasteiger partial charge in [0, 0.05) is 31.5 Å². The molecule has 1 saturated heterocycles. The summed E-state index contributed by atoms with van der Waals surface area (Å²) in [5.41, 5.74) is 0.852. The zero-order chi connectivity index (χ0) is 9.64. The van der Waals surface area contributed by atoms with Crippen LogP contribution in [0.25, 0.3) is 0 Å². The maximum atomic E-state index is 4.34. The van der Waals surface area contributed by atoms with Crippen LogP contribution in [0.2, 0.25) is 0 Å². The lowest BCUT2D eigenvalue weighted by Crippen LogP contribution is -2.27. The van der Waals surface area contributed by atoms with Crippen LogP contribution in [0.3, 0.4) is 0 Å². The van der Waals surface area contributed by atoms with E-state index in [9.17, 15) is 0 Å². The van der Waals surface area contributed by atoms with Gasteiger partial charge in [-0.2, -0.15) is 0 Å². The van der Waals surface area contributed by atoms with Crippen molar-refractivity contribution in [3.8, 4) is 0 Å². The van der Waals surface area contributed by atoms with Crippen LogP contribution in [0.5, 0.6) is 0 Å². The van der Waals surface area contributed by atoms with Crippen molar-refractivity contribution in [2.45, 2.75) is 19.3 Å². The highest BCUT2D eigenvalue weighted by molar-refractivity contribution is 5.60. The van der Waals surface area contributed by atoms with Gasteiger partial charge in [0.2, 0.25) is 0 Å². The quantitative estimate of drug-likeness (QED) is 0.524. The van der Waals surface area contributed by atoms with Crippen LogP contribution >= 0.6 is 0 Å². The third-order valence-corrected chi connectivity index (χ3v) is 2.36. The monoisotopic (exact) mass is 188 g/mol. The molecule has 0 aromatic carbocycles. The molecule has 0 saturated carbocycles. The van der Waals surface area contributed by atoms with Crippen molar-refractivity contribution in [1.29, 1.82) is 0 Å². The third-order valence-electron chi connectivity index (χ3n) is 2.36. The average molecular weight is 188 g/mol. The predicted octanol–water partition coefficient (Wildman–Crippen LogP) is 2.03. The number of nitrogens with zero attached hydrogens (tertiary/aromatic N) is 3. The van der Waals surface area contributed by atoms with Crippen molar-refractivity contribution >= 4 is 12.0 Å². The minimum absolute atomic E-state index is 0.852. The van der Waals surface area contributed by atoms with Crippen LogP contribution < -0.4 is 0 Å². The van der Waals surface area contributed by atoms with E-state index in [0.717, 1.165) is 18.8 Å².